The van der Waals surface area contributed by atoms with E-state index in [1.807, 2.05) is 30.0 Å². The van der Waals surface area contributed by atoms with Gasteiger partial charge in [-0.25, -0.2) is 4.98 Å². The quantitative estimate of drug-likeness (QED) is 0.832. The first-order valence-electron chi connectivity index (χ1n) is 8.47. The van der Waals surface area contributed by atoms with Crippen molar-refractivity contribution < 1.29 is 9.21 Å². The lowest BCUT2D eigenvalue weighted by Gasteiger charge is -2.21. The van der Waals surface area contributed by atoms with Crippen molar-refractivity contribution >= 4 is 5.91 Å². The number of oxazole rings is 1. The number of likely N-dealkylation sites (tertiary alicyclic amines) is 1. The number of nitrogens with zero attached hydrogens (tertiary/aromatic N) is 2. The molecule has 0 spiro atoms. The number of aromatic nitrogens is 1. The van der Waals surface area contributed by atoms with Crippen molar-refractivity contribution in [2.75, 3.05) is 6.54 Å². The molecule has 122 valence electrons. The molecule has 0 N–H and O–H groups in total. The van der Waals surface area contributed by atoms with E-state index in [9.17, 15) is 4.79 Å². The maximum absolute atomic E-state index is 12.1. The van der Waals surface area contributed by atoms with Crippen LogP contribution in [0.1, 0.15) is 63.6 Å². The smallest absolute Gasteiger partial charge is 0.222 e. The highest BCUT2D eigenvalue weighted by Gasteiger charge is 2.33. The van der Waals surface area contributed by atoms with Gasteiger partial charge in [-0.1, -0.05) is 51.1 Å². The zero-order valence-corrected chi connectivity index (χ0v) is 14.1. The van der Waals surface area contributed by atoms with Crippen LogP contribution in [-0.4, -0.2) is 22.3 Å². The van der Waals surface area contributed by atoms with Crippen molar-refractivity contribution in [3.05, 3.63) is 42.0 Å². The van der Waals surface area contributed by atoms with Crippen LogP contribution in [0.15, 0.2) is 34.7 Å². The summed E-state index contributed by atoms with van der Waals surface area (Å²) in [5.41, 5.74) is 1.98. The minimum atomic E-state index is -0.0163. The van der Waals surface area contributed by atoms with E-state index in [2.05, 4.69) is 26.0 Å². The fraction of sp³-hybridized carbons (Fsp3) is 0.474. The molecule has 1 aliphatic rings. The second kappa shape index (κ2) is 6.57. The molecule has 0 saturated carbocycles. The van der Waals surface area contributed by atoms with Gasteiger partial charge in [0.15, 0.2) is 0 Å². The average Bonchev–Trinajstić information content (AvgIpc) is 3.21. The van der Waals surface area contributed by atoms with Gasteiger partial charge in [-0.15, -0.1) is 0 Å². The number of benzene rings is 1. The summed E-state index contributed by atoms with van der Waals surface area (Å²) in [5, 5.41) is 0. The molecular weight excluding hydrogens is 288 g/mol. The van der Waals surface area contributed by atoms with Gasteiger partial charge in [-0.3, -0.25) is 4.79 Å². The number of hydrogen-bond donors (Lipinski definition) is 0. The average molecular weight is 312 g/mol. The molecular formula is C19H24N2O2. The normalized spacial score (nSPS) is 17.9. The zero-order chi connectivity index (χ0) is 16.4. The summed E-state index contributed by atoms with van der Waals surface area (Å²) in [6.45, 7) is 6.93. The number of hydrogen-bond acceptors (Lipinski definition) is 3. The molecule has 1 fully saturated rings. The van der Waals surface area contributed by atoms with Crippen molar-refractivity contribution in [2.24, 2.45) is 0 Å². The first-order chi connectivity index (χ1) is 11.1. The third-order valence-corrected chi connectivity index (χ3v) is 4.40. The Morgan fingerprint density at radius 2 is 2.09 bits per heavy atom. The van der Waals surface area contributed by atoms with Gasteiger partial charge in [0.05, 0.1) is 0 Å². The van der Waals surface area contributed by atoms with Crippen molar-refractivity contribution in [1.82, 2.24) is 9.88 Å². The van der Waals surface area contributed by atoms with E-state index in [1.54, 1.807) is 0 Å². The first kappa shape index (κ1) is 15.8. The third-order valence-electron chi connectivity index (χ3n) is 4.40. The van der Waals surface area contributed by atoms with Crippen molar-refractivity contribution in [3.63, 3.8) is 0 Å². The van der Waals surface area contributed by atoms with Gasteiger partial charge in [0, 0.05) is 24.4 Å². The SMILES string of the molecule is CCC(=O)N1CCCC1c1nc(-c2ccccc2)c(C(C)C)o1. The van der Waals surface area contributed by atoms with Crippen molar-refractivity contribution in [3.8, 4) is 11.3 Å². The van der Waals surface area contributed by atoms with Gasteiger partial charge >= 0.3 is 0 Å². The van der Waals surface area contributed by atoms with Crippen LogP contribution in [0.5, 0.6) is 0 Å². The lowest BCUT2D eigenvalue weighted by atomic mass is 10.0. The molecule has 1 unspecified atom stereocenters. The van der Waals surface area contributed by atoms with Gasteiger partial charge < -0.3 is 9.32 Å². The molecule has 3 rings (SSSR count). The molecule has 1 saturated heterocycles. The second-order valence-electron chi connectivity index (χ2n) is 6.38. The van der Waals surface area contributed by atoms with E-state index in [1.165, 1.54) is 0 Å². The highest BCUT2D eigenvalue weighted by molar-refractivity contribution is 5.76. The predicted octanol–water partition coefficient (Wildman–Crippen LogP) is 4.54. The first-order valence-corrected chi connectivity index (χ1v) is 8.47. The molecule has 1 aromatic heterocycles. The molecule has 1 amide bonds. The lowest BCUT2D eigenvalue weighted by molar-refractivity contribution is -0.132. The molecule has 0 aliphatic carbocycles. The Morgan fingerprint density at radius 3 is 2.74 bits per heavy atom. The van der Waals surface area contributed by atoms with Crippen LogP contribution in [-0.2, 0) is 4.79 Å². The maximum atomic E-state index is 12.1. The van der Waals surface area contributed by atoms with E-state index < -0.39 is 0 Å². The fourth-order valence-electron chi connectivity index (χ4n) is 3.21. The standard InChI is InChI=1S/C19H24N2O2/c1-4-16(22)21-12-8-11-15(21)19-20-17(18(23-19)13(2)3)14-9-6-5-7-10-14/h5-7,9-10,13,15H,4,8,11-12H2,1-3H3. The van der Waals surface area contributed by atoms with Crippen LogP contribution in [0, 0.1) is 0 Å². The van der Waals surface area contributed by atoms with Crippen LogP contribution >= 0.6 is 0 Å². The number of rotatable bonds is 4. The van der Waals surface area contributed by atoms with Crippen LogP contribution in [0.4, 0.5) is 0 Å². The van der Waals surface area contributed by atoms with E-state index >= 15 is 0 Å². The number of amides is 1. The number of carbonyl (C=O) groups is 1. The Hall–Kier alpha value is -2.10. The molecule has 0 bridgehead atoms. The van der Waals surface area contributed by atoms with Crippen LogP contribution in [0.25, 0.3) is 11.3 Å². The maximum Gasteiger partial charge on any atom is 0.222 e. The van der Waals surface area contributed by atoms with Gasteiger partial charge in [0.25, 0.3) is 0 Å². The largest absolute Gasteiger partial charge is 0.442 e. The highest BCUT2D eigenvalue weighted by Crippen LogP contribution is 2.37. The summed E-state index contributed by atoms with van der Waals surface area (Å²) in [5.74, 6) is 2.02. The van der Waals surface area contributed by atoms with Gasteiger partial charge in [0.1, 0.15) is 17.5 Å². The summed E-state index contributed by atoms with van der Waals surface area (Å²) in [7, 11) is 0. The van der Waals surface area contributed by atoms with E-state index in [4.69, 9.17) is 9.40 Å². The number of carbonyl (C=O) groups excluding carboxylic acids is 1. The van der Waals surface area contributed by atoms with Crippen LogP contribution in [0.3, 0.4) is 0 Å². The van der Waals surface area contributed by atoms with Crippen molar-refractivity contribution in [2.45, 2.75) is 52.0 Å². The Balaban J connectivity index is 2.00. The molecule has 2 heterocycles. The Kier molecular flexibility index (Phi) is 4.51. The Morgan fingerprint density at radius 1 is 1.35 bits per heavy atom. The molecule has 1 aliphatic heterocycles. The third kappa shape index (κ3) is 3.03. The van der Waals surface area contributed by atoms with Crippen molar-refractivity contribution in [1.29, 1.82) is 0 Å². The Labute approximate surface area is 137 Å². The highest BCUT2D eigenvalue weighted by atomic mass is 16.4. The van der Waals surface area contributed by atoms with Crippen LogP contribution in [0.2, 0.25) is 0 Å². The molecule has 2 aromatic rings. The second-order valence-corrected chi connectivity index (χ2v) is 6.38. The summed E-state index contributed by atoms with van der Waals surface area (Å²) in [4.78, 5) is 18.9. The molecule has 4 nitrogen and oxygen atoms in total. The molecule has 0 radical (unpaired) electrons. The summed E-state index contributed by atoms with van der Waals surface area (Å²) < 4.78 is 6.13. The minimum absolute atomic E-state index is 0.0163. The lowest BCUT2D eigenvalue weighted by Crippen LogP contribution is -2.29. The molecule has 4 heteroatoms. The summed E-state index contributed by atoms with van der Waals surface area (Å²) >= 11 is 0. The molecule has 1 atom stereocenters. The topological polar surface area (TPSA) is 46.3 Å². The van der Waals surface area contributed by atoms with Crippen LogP contribution < -0.4 is 0 Å². The molecule has 23 heavy (non-hydrogen) atoms. The molecule has 1 aromatic carbocycles. The fourth-order valence-corrected chi connectivity index (χ4v) is 3.21. The van der Waals surface area contributed by atoms with Gasteiger partial charge in [-0.2, -0.15) is 0 Å². The van der Waals surface area contributed by atoms with Gasteiger partial charge in [0.2, 0.25) is 11.8 Å². The zero-order valence-electron chi connectivity index (χ0n) is 14.1. The van der Waals surface area contributed by atoms with E-state index in [-0.39, 0.29) is 17.9 Å². The Bertz CT molecular complexity index is 676. The van der Waals surface area contributed by atoms with E-state index in [0.29, 0.717) is 12.3 Å². The summed E-state index contributed by atoms with van der Waals surface area (Å²) in [6, 6.07) is 10.1. The minimum Gasteiger partial charge on any atom is -0.442 e. The summed E-state index contributed by atoms with van der Waals surface area (Å²) in [6.07, 6.45) is 2.47. The van der Waals surface area contributed by atoms with Gasteiger partial charge in [-0.05, 0) is 12.8 Å². The predicted molar refractivity (Wildman–Crippen MR) is 90.0 cm³/mol. The van der Waals surface area contributed by atoms with E-state index in [0.717, 1.165) is 36.4 Å². The monoisotopic (exact) mass is 312 g/mol.